The second-order valence-electron chi connectivity index (χ2n) is 4.99. The lowest BCUT2D eigenvalue weighted by Gasteiger charge is -2.22. The van der Waals surface area contributed by atoms with E-state index in [1.54, 1.807) is 11.3 Å². The predicted octanol–water partition coefficient (Wildman–Crippen LogP) is 3.46. The molecule has 2 N–H and O–H groups in total. The summed E-state index contributed by atoms with van der Waals surface area (Å²) in [5.74, 6) is 0.745. The van der Waals surface area contributed by atoms with Crippen molar-refractivity contribution >= 4 is 11.3 Å². The summed E-state index contributed by atoms with van der Waals surface area (Å²) in [5, 5.41) is 3.48. The Kier molecular flexibility index (Phi) is 3.43. The van der Waals surface area contributed by atoms with E-state index in [2.05, 4.69) is 29.6 Å². The van der Waals surface area contributed by atoms with Crippen LogP contribution in [0.2, 0.25) is 0 Å². The van der Waals surface area contributed by atoms with Crippen molar-refractivity contribution in [2.24, 2.45) is 5.73 Å². The predicted molar refractivity (Wildman–Crippen MR) is 75.8 cm³/mol. The molecule has 0 radical (unpaired) electrons. The van der Waals surface area contributed by atoms with Gasteiger partial charge in [0.15, 0.2) is 0 Å². The summed E-state index contributed by atoms with van der Waals surface area (Å²) >= 11 is 1.80. The number of thiazole rings is 1. The van der Waals surface area contributed by atoms with Gasteiger partial charge in [0.25, 0.3) is 0 Å². The number of nitrogens with two attached hydrogens (primary N) is 1. The van der Waals surface area contributed by atoms with Crippen molar-refractivity contribution in [3.05, 3.63) is 51.5 Å². The molecule has 1 aromatic heterocycles. The first-order valence-electron chi connectivity index (χ1n) is 6.57. The molecule has 0 unspecified atom stereocenters. The van der Waals surface area contributed by atoms with Gasteiger partial charge in [-0.15, -0.1) is 11.3 Å². The Bertz CT molecular complexity index is 512. The van der Waals surface area contributed by atoms with Crippen molar-refractivity contribution in [1.82, 2.24) is 4.98 Å². The van der Waals surface area contributed by atoms with Gasteiger partial charge in [0.1, 0.15) is 0 Å². The first-order chi connectivity index (χ1) is 8.85. The summed E-state index contributed by atoms with van der Waals surface area (Å²) in [6.45, 7) is 0.614. The van der Waals surface area contributed by atoms with Gasteiger partial charge in [-0.2, -0.15) is 0 Å². The highest BCUT2D eigenvalue weighted by molar-refractivity contribution is 7.09. The molecule has 0 aliphatic heterocycles. The maximum absolute atomic E-state index is 5.60. The third kappa shape index (κ3) is 2.47. The summed E-state index contributed by atoms with van der Waals surface area (Å²) in [7, 11) is 0. The van der Waals surface area contributed by atoms with Gasteiger partial charge in [-0.05, 0) is 24.0 Å². The molecule has 0 spiro atoms. The fourth-order valence-electron chi connectivity index (χ4n) is 2.27. The summed E-state index contributed by atoms with van der Waals surface area (Å²) in [5.41, 5.74) is 9.43. The summed E-state index contributed by atoms with van der Waals surface area (Å²) in [6.07, 6.45) is 4.98. The van der Waals surface area contributed by atoms with Crippen LogP contribution in [0.1, 0.15) is 47.0 Å². The van der Waals surface area contributed by atoms with Gasteiger partial charge >= 0.3 is 0 Å². The highest BCUT2D eigenvalue weighted by Crippen LogP contribution is 2.36. The van der Waals surface area contributed by atoms with E-state index >= 15 is 0 Å². The standard InChI is InChI=1S/C15H18N2S/c16-9-12-6-4-11(5-7-12)8-15-17-14(10-18-15)13-2-1-3-13/h4-7,10,13H,1-3,8-9,16H2. The highest BCUT2D eigenvalue weighted by Gasteiger charge is 2.21. The Morgan fingerprint density at radius 3 is 2.50 bits per heavy atom. The maximum atomic E-state index is 5.60. The number of hydrogen-bond acceptors (Lipinski definition) is 3. The van der Waals surface area contributed by atoms with Gasteiger partial charge in [0.05, 0.1) is 10.7 Å². The topological polar surface area (TPSA) is 38.9 Å². The molecule has 3 heteroatoms. The van der Waals surface area contributed by atoms with Gasteiger partial charge in [-0.3, -0.25) is 0 Å². The van der Waals surface area contributed by atoms with Crippen molar-refractivity contribution in [3.63, 3.8) is 0 Å². The molecule has 2 nitrogen and oxygen atoms in total. The second-order valence-corrected chi connectivity index (χ2v) is 5.93. The molecule has 3 rings (SSSR count). The van der Waals surface area contributed by atoms with Crippen molar-refractivity contribution in [3.8, 4) is 0 Å². The Morgan fingerprint density at radius 1 is 1.17 bits per heavy atom. The first-order valence-corrected chi connectivity index (χ1v) is 7.45. The normalized spacial score (nSPS) is 15.6. The second kappa shape index (κ2) is 5.21. The minimum atomic E-state index is 0.614. The molecule has 1 aliphatic carbocycles. The minimum absolute atomic E-state index is 0.614. The molecule has 1 aromatic carbocycles. The molecular weight excluding hydrogens is 240 g/mol. The average Bonchev–Trinajstić information content (AvgIpc) is 2.76. The van der Waals surface area contributed by atoms with Crippen LogP contribution < -0.4 is 5.73 Å². The number of rotatable bonds is 4. The molecule has 1 saturated carbocycles. The number of nitrogens with zero attached hydrogens (tertiary/aromatic N) is 1. The van der Waals surface area contributed by atoms with E-state index < -0.39 is 0 Å². The maximum Gasteiger partial charge on any atom is 0.0972 e. The molecule has 1 heterocycles. The monoisotopic (exact) mass is 258 g/mol. The van der Waals surface area contributed by atoms with Crippen LogP contribution in [0.25, 0.3) is 0 Å². The summed E-state index contributed by atoms with van der Waals surface area (Å²) in [4.78, 5) is 4.76. The van der Waals surface area contributed by atoms with Crippen LogP contribution in [0.15, 0.2) is 29.6 Å². The van der Waals surface area contributed by atoms with E-state index in [-0.39, 0.29) is 0 Å². The van der Waals surface area contributed by atoms with E-state index in [1.807, 2.05) is 0 Å². The van der Waals surface area contributed by atoms with Crippen LogP contribution in [0.4, 0.5) is 0 Å². The lowest BCUT2D eigenvalue weighted by molar-refractivity contribution is 0.412. The van der Waals surface area contributed by atoms with E-state index in [1.165, 1.54) is 41.1 Å². The molecule has 2 aromatic rings. The Morgan fingerprint density at radius 2 is 1.89 bits per heavy atom. The first kappa shape index (κ1) is 11.9. The molecule has 94 valence electrons. The zero-order valence-corrected chi connectivity index (χ0v) is 11.2. The number of aromatic nitrogens is 1. The third-order valence-electron chi connectivity index (χ3n) is 3.71. The zero-order chi connectivity index (χ0) is 12.4. The average molecular weight is 258 g/mol. The SMILES string of the molecule is NCc1ccc(Cc2nc(C3CCC3)cs2)cc1. The zero-order valence-electron chi connectivity index (χ0n) is 10.4. The van der Waals surface area contributed by atoms with Gasteiger partial charge in [0, 0.05) is 24.3 Å². The number of hydrogen-bond donors (Lipinski definition) is 1. The fraction of sp³-hybridized carbons (Fsp3) is 0.400. The van der Waals surface area contributed by atoms with Crippen LogP contribution >= 0.6 is 11.3 Å². The van der Waals surface area contributed by atoms with Crippen LogP contribution in [-0.2, 0) is 13.0 Å². The number of benzene rings is 1. The molecule has 1 aliphatic rings. The summed E-state index contributed by atoms with van der Waals surface area (Å²) in [6, 6.07) is 8.53. The molecule has 0 atom stereocenters. The van der Waals surface area contributed by atoms with Crippen LogP contribution in [0.3, 0.4) is 0 Å². The van der Waals surface area contributed by atoms with E-state index in [0.717, 1.165) is 12.3 Å². The van der Waals surface area contributed by atoms with Gasteiger partial charge in [0.2, 0.25) is 0 Å². The van der Waals surface area contributed by atoms with Gasteiger partial charge < -0.3 is 5.73 Å². The lowest BCUT2D eigenvalue weighted by atomic mass is 9.83. The third-order valence-corrected chi connectivity index (χ3v) is 4.57. The molecule has 0 bridgehead atoms. The fourth-order valence-corrected chi connectivity index (χ4v) is 3.18. The van der Waals surface area contributed by atoms with E-state index in [4.69, 9.17) is 10.7 Å². The molecular formula is C15H18N2S. The summed E-state index contributed by atoms with van der Waals surface area (Å²) < 4.78 is 0. The largest absolute Gasteiger partial charge is 0.326 e. The van der Waals surface area contributed by atoms with Crippen LogP contribution in [0, 0.1) is 0 Å². The van der Waals surface area contributed by atoms with Crippen molar-refractivity contribution < 1.29 is 0 Å². The Hall–Kier alpha value is -1.19. The lowest BCUT2D eigenvalue weighted by Crippen LogP contribution is -2.09. The smallest absolute Gasteiger partial charge is 0.0972 e. The van der Waals surface area contributed by atoms with Gasteiger partial charge in [-0.25, -0.2) is 4.98 Å². The Labute approximate surface area is 112 Å². The minimum Gasteiger partial charge on any atom is -0.326 e. The Balaban J connectivity index is 1.69. The highest BCUT2D eigenvalue weighted by atomic mass is 32.1. The van der Waals surface area contributed by atoms with Crippen LogP contribution in [-0.4, -0.2) is 4.98 Å². The van der Waals surface area contributed by atoms with Crippen molar-refractivity contribution in [2.45, 2.75) is 38.1 Å². The van der Waals surface area contributed by atoms with Crippen molar-refractivity contribution in [2.75, 3.05) is 0 Å². The van der Waals surface area contributed by atoms with E-state index in [9.17, 15) is 0 Å². The molecule has 0 amide bonds. The molecule has 0 saturated heterocycles. The van der Waals surface area contributed by atoms with Gasteiger partial charge in [-0.1, -0.05) is 30.7 Å². The van der Waals surface area contributed by atoms with E-state index in [0.29, 0.717) is 6.54 Å². The molecule has 18 heavy (non-hydrogen) atoms. The van der Waals surface area contributed by atoms with Crippen LogP contribution in [0.5, 0.6) is 0 Å². The quantitative estimate of drug-likeness (QED) is 0.912. The molecule has 1 fully saturated rings. The van der Waals surface area contributed by atoms with Crippen molar-refractivity contribution in [1.29, 1.82) is 0 Å².